The fraction of sp³-hybridized carbons (Fsp3) is 0.308. The van der Waals surface area contributed by atoms with Crippen molar-refractivity contribution in [2.45, 2.75) is 20.4 Å². The number of halogens is 1. The number of esters is 1. The first-order chi connectivity index (χ1) is 9.02. The summed E-state index contributed by atoms with van der Waals surface area (Å²) in [5.74, 6) is -0.514. The molecule has 0 radical (unpaired) electrons. The van der Waals surface area contributed by atoms with Crippen molar-refractivity contribution in [2.24, 2.45) is 0 Å². The standard InChI is InChI=1S/C13H13ClN2O3/c1-3-19-11(17)7-16-12(18)9-6-8(2)4-5-10(9)15-13(16)14/h4-6H,3,7H2,1-2H3. The van der Waals surface area contributed by atoms with Crippen LogP contribution in [0, 0.1) is 6.92 Å². The molecule has 2 aromatic rings. The van der Waals surface area contributed by atoms with Crippen LogP contribution in [0.15, 0.2) is 23.0 Å². The number of benzene rings is 1. The molecule has 0 fully saturated rings. The van der Waals surface area contributed by atoms with Crippen molar-refractivity contribution >= 4 is 28.5 Å². The van der Waals surface area contributed by atoms with Crippen molar-refractivity contribution in [3.8, 4) is 0 Å². The van der Waals surface area contributed by atoms with Gasteiger partial charge in [-0.3, -0.25) is 14.2 Å². The van der Waals surface area contributed by atoms with E-state index in [0.717, 1.165) is 10.1 Å². The molecule has 0 saturated heterocycles. The van der Waals surface area contributed by atoms with Gasteiger partial charge in [-0.05, 0) is 37.6 Å². The van der Waals surface area contributed by atoms with Crippen molar-refractivity contribution in [2.75, 3.05) is 6.61 Å². The Morgan fingerprint density at radius 3 is 2.89 bits per heavy atom. The van der Waals surface area contributed by atoms with Crippen LogP contribution in [0.5, 0.6) is 0 Å². The van der Waals surface area contributed by atoms with E-state index in [1.807, 2.05) is 13.0 Å². The number of nitrogens with zero attached hydrogens (tertiary/aromatic N) is 2. The van der Waals surface area contributed by atoms with Gasteiger partial charge in [0.25, 0.3) is 5.56 Å². The summed E-state index contributed by atoms with van der Waals surface area (Å²) in [7, 11) is 0. The molecular formula is C13H13ClN2O3. The molecule has 0 bridgehead atoms. The molecule has 19 heavy (non-hydrogen) atoms. The lowest BCUT2D eigenvalue weighted by atomic mass is 10.2. The highest BCUT2D eigenvalue weighted by atomic mass is 35.5. The Kier molecular flexibility index (Phi) is 3.85. The Hall–Kier alpha value is -1.88. The zero-order valence-corrected chi connectivity index (χ0v) is 11.4. The monoisotopic (exact) mass is 280 g/mol. The Labute approximate surface area is 114 Å². The van der Waals surface area contributed by atoms with Gasteiger partial charge in [0, 0.05) is 0 Å². The summed E-state index contributed by atoms with van der Waals surface area (Å²) in [6, 6.07) is 5.30. The summed E-state index contributed by atoms with van der Waals surface area (Å²) in [6.07, 6.45) is 0. The van der Waals surface area contributed by atoms with Gasteiger partial charge in [-0.15, -0.1) is 0 Å². The summed E-state index contributed by atoms with van der Waals surface area (Å²) in [4.78, 5) is 27.8. The van der Waals surface area contributed by atoms with Gasteiger partial charge in [-0.25, -0.2) is 4.98 Å². The van der Waals surface area contributed by atoms with E-state index in [-0.39, 0.29) is 24.0 Å². The molecule has 2 rings (SSSR count). The summed E-state index contributed by atoms with van der Waals surface area (Å²) >= 11 is 5.94. The molecule has 0 aliphatic heterocycles. The highest BCUT2D eigenvalue weighted by Crippen LogP contribution is 2.13. The fourth-order valence-electron chi connectivity index (χ4n) is 1.78. The molecule has 6 heteroatoms. The number of rotatable bonds is 3. The average molecular weight is 281 g/mol. The lowest BCUT2D eigenvalue weighted by Gasteiger charge is -2.09. The van der Waals surface area contributed by atoms with Gasteiger partial charge in [0.1, 0.15) is 6.54 Å². The summed E-state index contributed by atoms with van der Waals surface area (Å²) in [5.41, 5.74) is 1.11. The van der Waals surface area contributed by atoms with Crippen LogP contribution < -0.4 is 5.56 Å². The Morgan fingerprint density at radius 2 is 2.21 bits per heavy atom. The number of fused-ring (bicyclic) bond motifs is 1. The van der Waals surface area contributed by atoms with Crippen LogP contribution in [0.1, 0.15) is 12.5 Å². The minimum Gasteiger partial charge on any atom is -0.465 e. The lowest BCUT2D eigenvalue weighted by Crippen LogP contribution is -2.27. The molecule has 0 atom stereocenters. The molecule has 0 spiro atoms. The third kappa shape index (κ3) is 2.76. The van der Waals surface area contributed by atoms with Crippen molar-refractivity contribution in [1.82, 2.24) is 9.55 Å². The molecule has 100 valence electrons. The molecule has 0 saturated carbocycles. The van der Waals surface area contributed by atoms with Crippen LogP contribution in [-0.2, 0) is 16.1 Å². The van der Waals surface area contributed by atoms with Gasteiger partial charge in [0.15, 0.2) is 0 Å². The quantitative estimate of drug-likeness (QED) is 0.637. The number of carbonyl (C=O) groups excluding carboxylic acids is 1. The zero-order chi connectivity index (χ0) is 14.0. The number of hydrogen-bond donors (Lipinski definition) is 0. The maximum atomic E-state index is 12.3. The molecule has 0 unspecified atom stereocenters. The van der Waals surface area contributed by atoms with E-state index in [0.29, 0.717) is 10.9 Å². The molecular weight excluding hydrogens is 268 g/mol. The van der Waals surface area contributed by atoms with E-state index in [1.54, 1.807) is 19.1 Å². The van der Waals surface area contributed by atoms with Gasteiger partial charge in [0.05, 0.1) is 17.5 Å². The van der Waals surface area contributed by atoms with Gasteiger partial charge >= 0.3 is 5.97 Å². The number of hydrogen-bond acceptors (Lipinski definition) is 4. The van der Waals surface area contributed by atoms with Gasteiger partial charge in [0.2, 0.25) is 5.28 Å². The van der Waals surface area contributed by atoms with Crippen molar-refractivity contribution in [3.63, 3.8) is 0 Å². The third-order valence-electron chi connectivity index (χ3n) is 2.66. The molecule has 0 aliphatic rings. The second-order valence-corrected chi connectivity index (χ2v) is 4.44. The van der Waals surface area contributed by atoms with Crippen molar-refractivity contribution in [3.05, 3.63) is 39.4 Å². The molecule has 5 nitrogen and oxygen atoms in total. The lowest BCUT2D eigenvalue weighted by molar-refractivity contribution is -0.143. The first-order valence-corrected chi connectivity index (χ1v) is 6.23. The van der Waals surface area contributed by atoms with Crippen molar-refractivity contribution < 1.29 is 9.53 Å². The normalized spacial score (nSPS) is 10.7. The van der Waals surface area contributed by atoms with Crippen LogP contribution in [0.2, 0.25) is 5.28 Å². The average Bonchev–Trinajstić information content (AvgIpc) is 2.36. The highest BCUT2D eigenvalue weighted by Gasteiger charge is 2.13. The predicted molar refractivity (Wildman–Crippen MR) is 72.4 cm³/mol. The third-order valence-corrected chi connectivity index (χ3v) is 2.94. The van der Waals surface area contributed by atoms with E-state index in [1.165, 1.54) is 0 Å². The van der Waals surface area contributed by atoms with Crippen LogP contribution in [-0.4, -0.2) is 22.1 Å². The van der Waals surface area contributed by atoms with Gasteiger partial charge < -0.3 is 4.74 Å². The maximum Gasteiger partial charge on any atom is 0.326 e. The first-order valence-electron chi connectivity index (χ1n) is 5.85. The number of aromatic nitrogens is 2. The van der Waals surface area contributed by atoms with E-state index < -0.39 is 5.97 Å². The topological polar surface area (TPSA) is 61.2 Å². The molecule has 0 aliphatic carbocycles. The summed E-state index contributed by atoms with van der Waals surface area (Å²) < 4.78 is 5.92. The largest absolute Gasteiger partial charge is 0.465 e. The summed E-state index contributed by atoms with van der Waals surface area (Å²) in [6.45, 7) is 3.60. The predicted octanol–water partition coefficient (Wildman–Crippen LogP) is 1.92. The fourth-order valence-corrected chi connectivity index (χ4v) is 2.01. The minimum absolute atomic E-state index is 0.0191. The number of aryl methyl sites for hydroxylation is 1. The second-order valence-electron chi connectivity index (χ2n) is 4.10. The Bertz CT molecular complexity index is 694. The molecule has 0 N–H and O–H groups in total. The minimum atomic E-state index is -0.514. The van der Waals surface area contributed by atoms with Crippen molar-refractivity contribution in [1.29, 1.82) is 0 Å². The van der Waals surface area contributed by atoms with E-state index in [4.69, 9.17) is 16.3 Å². The van der Waals surface area contributed by atoms with E-state index >= 15 is 0 Å². The van der Waals surface area contributed by atoms with Gasteiger partial charge in [-0.2, -0.15) is 0 Å². The van der Waals surface area contributed by atoms with Crippen LogP contribution in [0.4, 0.5) is 0 Å². The molecule has 0 amide bonds. The smallest absolute Gasteiger partial charge is 0.326 e. The second kappa shape index (κ2) is 5.40. The molecule has 1 heterocycles. The maximum absolute atomic E-state index is 12.3. The van der Waals surface area contributed by atoms with E-state index in [2.05, 4.69) is 4.98 Å². The van der Waals surface area contributed by atoms with Gasteiger partial charge in [-0.1, -0.05) is 11.6 Å². The highest BCUT2D eigenvalue weighted by molar-refractivity contribution is 6.28. The molecule has 1 aromatic heterocycles. The van der Waals surface area contributed by atoms with Crippen LogP contribution in [0.25, 0.3) is 10.9 Å². The SMILES string of the molecule is CCOC(=O)Cn1c(Cl)nc2ccc(C)cc2c1=O. The first kappa shape index (κ1) is 13.5. The van der Waals surface area contributed by atoms with Crippen LogP contribution >= 0.6 is 11.6 Å². The Morgan fingerprint density at radius 1 is 1.47 bits per heavy atom. The molecule has 1 aromatic carbocycles. The zero-order valence-electron chi connectivity index (χ0n) is 10.6. The number of carbonyl (C=O) groups is 1. The van der Waals surface area contributed by atoms with Crippen LogP contribution in [0.3, 0.4) is 0 Å². The van der Waals surface area contributed by atoms with E-state index in [9.17, 15) is 9.59 Å². The summed E-state index contributed by atoms with van der Waals surface area (Å²) in [5, 5.41) is 0.420. The Balaban J connectivity index is 2.55. The number of ether oxygens (including phenoxy) is 1.